The summed E-state index contributed by atoms with van der Waals surface area (Å²) < 4.78 is 0. The summed E-state index contributed by atoms with van der Waals surface area (Å²) in [5.74, 6) is 0.834. The molecule has 0 bridgehead atoms. The standard InChI is InChI=1S/C11H14ClN3/c1-7-2-9(4-14-11(7)12)15-6-8-3-13-5-10(8)15/h2,4,8,10,13H,3,5-6H2,1H3/t8-,10-/m1/s1. The van der Waals surface area contributed by atoms with Crippen molar-refractivity contribution < 1.29 is 0 Å². The minimum absolute atomic E-state index is 0.611. The van der Waals surface area contributed by atoms with Crippen LogP contribution in [0.2, 0.25) is 5.15 Å². The number of aryl methyl sites for hydroxylation is 1. The first-order chi connectivity index (χ1) is 7.25. The minimum atomic E-state index is 0.611. The quantitative estimate of drug-likeness (QED) is 0.731. The highest BCUT2D eigenvalue weighted by atomic mass is 35.5. The Labute approximate surface area is 94.4 Å². The highest BCUT2D eigenvalue weighted by molar-refractivity contribution is 6.30. The van der Waals surface area contributed by atoms with Crippen LogP contribution in [0.5, 0.6) is 0 Å². The van der Waals surface area contributed by atoms with E-state index in [1.807, 2.05) is 13.1 Å². The van der Waals surface area contributed by atoms with Crippen LogP contribution in [0.1, 0.15) is 5.56 Å². The third-order valence-corrected chi connectivity index (χ3v) is 3.86. The molecular formula is C11H14ClN3. The molecule has 0 aromatic carbocycles. The number of rotatable bonds is 1. The fraction of sp³-hybridized carbons (Fsp3) is 0.545. The van der Waals surface area contributed by atoms with Crippen LogP contribution in [0.25, 0.3) is 0 Å². The van der Waals surface area contributed by atoms with Gasteiger partial charge in [-0.05, 0) is 18.6 Å². The van der Waals surface area contributed by atoms with Gasteiger partial charge in [0.05, 0.1) is 11.9 Å². The molecule has 0 unspecified atom stereocenters. The Morgan fingerprint density at radius 2 is 2.40 bits per heavy atom. The van der Waals surface area contributed by atoms with Crippen molar-refractivity contribution in [3.63, 3.8) is 0 Å². The number of anilines is 1. The number of pyridine rings is 1. The molecule has 80 valence electrons. The molecule has 0 spiro atoms. The molecule has 3 nitrogen and oxygen atoms in total. The van der Waals surface area contributed by atoms with Gasteiger partial charge in [0.25, 0.3) is 0 Å². The highest BCUT2D eigenvalue weighted by Gasteiger charge is 2.42. The van der Waals surface area contributed by atoms with Crippen molar-refractivity contribution in [1.29, 1.82) is 0 Å². The van der Waals surface area contributed by atoms with Crippen molar-refractivity contribution in [1.82, 2.24) is 10.3 Å². The number of nitrogens with zero attached hydrogens (tertiary/aromatic N) is 2. The van der Waals surface area contributed by atoms with Crippen molar-refractivity contribution in [2.45, 2.75) is 13.0 Å². The van der Waals surface area contributed by atoms with E-state index in [0.717, 1.165) is 24.6 Å². The van der Waals surface area contributed by atoms with Gasteiger partial charge >= 0.3 is 0 Å². The van der Waals surface area contributed by atoms with Crippen molar-refractivity contribution in [2.75, 3.05) is 24.5 Å². The topological polar surface area (TPSA) is 28.2 Å². The van der Waals surface area contributed by atoms with E-state index in [1.165, 1.54) is 12.2 Å². The van der Waals surface area contributed by atoms with Crippen molar-refractivity contribution in [2.24, 2.45) is 5.92 Å². The molecule has 15 heavy (non-hydrogen) atoms. The molecule has 0 aliphatic carbocycles. The molecular weight excluding hydrogens is 210 g/mol. The molecule has 2 aliphatic rings. The average Bonchev–Trinajstić information content (AvgIpc) is 2.54. The Kier molecular flexibility index (Phi) is 2.11. The van der Waals surface area contributed by atoms with E-state index >= 15 is 0 Å². The van der Waals surface area contributed by atoms with E-state index in [4.69, 9.17) is 11.6 Å². The van der Waals surface area contributed by atoms with Gasteiger partial charge in [-0.3, -0.25) is 0 Å². The molecule has 2 atom stereocenters. The van der Waals surface area contributed by atoms with Crippen LogP contribution in [0.15, 0.2) is 12.3 Å². The molecule has 0 amide bonds. The lowest BCUT2D eigenvalue weighted by atomic mass is 9.91. The largest absolute Gasteiger partial charge is 0.365 e. The lowest BCUT2D eigenvalue weighted by Crippen LogP contribution is -2.55. The smallest absolute Gasteiger partial charge is 0.132 e. The molecule has 0 saturated carbocycles. The summed E-state index contributed by atoms with van der Waals surface area (Å²) >= 11 is 5.92. The van der Waals surface area contributed by atoms with Crippen molar-refractivity contribution in [3.8, 4) is 0 Å². The van der Waals surface area contributed by atoms with Crippen LogP contribution in [0.4, 0.5) is 5.69 Å². The first-order valence-corrected chi connectivity index (χ1v) is 5.73. The summed E-state index contributed by atoms with van der Waals surface area (Å²) in [5.41, 5.74) is 2.27. The van der Waals surface area contributed by atoms with E-state index in [2.05, 4.69) is 21.3 Å². The molecule has 2 saturated heterocycles. The first kappa shape index (κ1) is 9.43. The summed E-state index contributed by atoms with van der Waals surface area (Å²) in [4.78, 5) is 6.62. The number of hydrogen-bond acceptors (Lipinski definition) is 3. The van der Waals surface area contributed by atoms with E-state index < -0.39 is 0 Å². The number of halogens is 1. The third-order valence-electron chi connectivity index (χ3n) is 3.47. The van der Waals surface area contributed by atoms with Gasteiger partial charge in [-0.1, -0.05) is 11.6 Å². The van der Waals surface area contributed by atoms with Crippen LogP contribution in [-0.4, -0.2) is 30.7 Å². The molecule has 1 aromatic heterocycles. The summed E-state index contributed by atoms with van der Waals surface area (Å²) in [6.45, 7) is 5.43. The maximum Gasteiger partial charge on any atom is 0.132 e. The summed E-state index contributed by atoms with van der Waals surface area (Å²) in [6, 6.07) is 2.80. The molecule has 2 aliphatic heterocycles. The maximum atomic E-state index is 5.92. The lowest BCUT2D eigenvalue weighted by Gasteiger charge is -2.45. The van der Waals surface area contributed by atoms with Gasteiger partial charge < -0.3 is 10.2 Å². The number of aromatic nitrogens is 1. The highest BCUT2D eigenvalue weighted by Crippen LogP contribution is 2.33. The van der Waals surface area contributed by atoms with Gasteiger partial charge in [0.1, 0.15) is 5.15 Å². The monoisotopic (exact) mass is 223 g/mol. The molecule has 1 aromatic rings. The lowest BCUT2D eigenvalue weighted by molar-refractivity contribution is 0.365. The van der Waals surface area contributed by atoms with Gasteiger partial charge in [-0.2, -0.15) is 0 Å². The van der Waals surface area contributed by atoms with E-state index in [0.29, 0.717) is 11.2 Å². The van der Waals surface area contributed by atoms with E-state index in [1.54, 1.807) is 0 Å². The third kappa shape index (κ3) is 1.42. The fourth-order valence-corrected chi connectivity index (χ4v) is 2.62. The predicted octanol–water partition coefficient (Wildman–Crippen LogP) is 1.45. The first-order valence-electron chi connectivity index (χ1n) is 5.35. The second-order valence-corrected chi connectivity index (χ2v) is 4.80. The van der Waals surface area contributed by atoms with Crippen molar-refractivity contribution >= 4 is 17.3 Å². The van der Waals surface area contributed by atoms with E-state index in [-0.39, 0.29) is 0 Å². The van der Waals surface area contributed by atoms with Crippen LogP contribution in [-0.2, 0) is 0 Å². The summed E-state index contributed by atoms with van der Waals surface area (Å²) in [7, 11) is 0. The zero-order chi connectivity index (χ0) is 10.4. The van der Waals surface area contributed by atoms with E-state index in [9.17, 15) is 0 Å². The SMILES string of the molecule is Cc1cc(N2C[C@H]3CNC[C@H]32)cnc1Cl. The summed E-state index contributed by atoms with van der Waals surface area (Å²) in [6.07, 6.45) is 1.88. The number of nitrogens with one attached hydrogen (secondary N) is 1. The van der Waals surface area contributed by atoms with Gasteiger partial charge in [-0.25, -0.2) is 4.98 Å². The molecule has 3 rings (SSSR count). The number of hydrogen-bond donors (Lipinski definition) is 1. The van der Waals surface area contributed by atoms with Gasteiger partial charge in [-0.15, -0.1) is 0 Å². The average molecular weight is 224 g/mol. The van der Waals surface area contributed by atoms with Crippen molar-refractivity contribution in [3.05, 3.63) is 23.0 Å². The molecule has 1 N–H and O–H groups in total. The van der Waals surface area contributed by atoms with Gasteiger partial charge in [0.2, 0.25) is 0 Å². The Morgan fingerprint density at radius 3 is 3.13 bits per heavy atom. The molecule has 0 radical (unpaired) electrons. The zero-order valence-corrected chi connectivity index (χ0v) is 9.46. The Bertz CT molecular complexity index is 393. The number of fused-ring (bicyclic) bond motifs is 1. The van der Waals surface area contributed by atoms with Crippen LogP contribution in [0.3, 0.4) is 0 Å². The predicted molar refractivity (Wildman–Crippen MR) is 61.5 cm³/mol. The van der Waals surface area contributed by atoms with Crippen LogP contribution < -0.4 is 10.2 Å². The molecule has 2 fully saturated rings. The second kappa shape index (κ2) is 3.35. The molecule has 4 heteroatoms. The maximum absolute atomic E-state index is 5.92. The minimum Gasteiger partial charge on any atom is -0.365 e. The Hall–Kier alpha value is -0.800. The normalized spacial score (nSPS) is 28.8. The molecule has 3 heterocycles. The van der Waals surface area contributed by atoms with Crippen LogP contribution >= 0.6 is 11.6 Å². The second-order valence-electron chi connectivity index (χ2n) is 4.44. The summed E-state index contributed by atoms with van der Waals surface area (Å²) in [5, 5.41) is 4.03. The fourth-order valence-electron chi connectivity index (χ4n) is 2.52. The Balaban J connectivity index is 1.85. The van der Waals surface area contributed by atoms with Gasteiger partial charge in [0, 0.05) is 31.6 Å². The Morgan fingerprint density at radius 1 is 1.53 bits per heavy atom. The zero-order valence-electron chi connectivity index (χ0n) is 8.70. The van der Waals surface area contributed by atoms with Gasteiger partial charge in [0.15, 0.2) is 0 Å². The van der Waals surface area contributed by atoms with Crippen LogP contribution in [0, 0.1) is 12.8 Å².